The van der Waals surface area contributed by atoms with Gasteiger partial charge in [-0.2, -0.15) is 0 Å². The summed E-state index contributed by atoms with van der Waals surface area (Å²) >= 11 is 0. The van der Waals surface area contributed by atoms with Gasteiger partial charge in [0.25, 0.3) is 5.91 Å². The van der Waals surface area contributed by atoms with Crippen molar-refractivity contribution in [2.24, 2.45) is 5.92 Å². The maximum atomic E-state index is 13.7. The Bertz CT molecular complexity index is 1770. The number of carbonyl (C=O) groups is 2. The van der Waals surface area contributed by atoms with Gasteiger partial charge in [0, 0.05) is 43.7 Å². The van der Waals surface area contributed by atoms with E-state index in [9.17, 15) is 29.7 Å². The lowest BCUT2D eigenvalue weighted by Gasteiger charge is -2.34. The summed E-state index contributed by atoms with van der Waals surface area (Å²) in [5.74, 6) is -2.29. The molecule has 10 nitrogen and oxygen atoms in total. The standard InChI is InChI=1S/C35H39N3O7/c1-20(2)18-25-29(39)32(42)31(41)28-30(40)27(21(3)45-33(25)28)23-10-12-24(13-11-23)34(43)36-26(19-22-8-6-5-7-9-22)35(44)38-16-14-37(4)15-17-38/h5-13,20,26,39,41-42H,14-19H2,1-4H3,(H,36,43)/t26-/m1/s1. The van der Waals surface area contributed by atoms with E-state index >= 15 is 0 Å². The molecule has 0 unspecified atom stereocenters. The van der Waals surface area contributed by atoms with Crippen molar-refractivity contribution in [2.45, 2.75) is 39.7 Å². The summed E-state index contributed by atoms with van der Waals surface area (Å²) in [6, 6.07) is 15.1. The van der Waals surface area contributed by atoms with Crippen molar-refractivity contribution in [2.75, 3.05) is 33.2 Å². The van der Waals surface area contributed by atoms with Crippen LogP contribution in [0.1, 0.15) is 41.1 Å². The molecular formula is C35H39N3O7. The number of rotatable bonds is 8. The highest BCUT2D eigenvalue weighted by Crippen LogP contribution is 2.45. The summed E-state index contributed by atoms with van der Waals surface area (Å²) < 4.78 is 6.00. The van der Waals surface area contributed by atoms with Gasteiger partial charge in [0.2, 0.25) is 17.1 Å². The van der Waals surface area contributed by atoms with E-state index in [-0.39, 0.29) is 39.7 Å². The number of fused-ring (bicyclic) bond motifs is 1. The predicted molar refractivity (Wildman–Crippen MR) is 172 cm³/mol. The van der Waals surface area contributed by atoms with Crippen molar-refractivity contribution in [3.8, 4) is 28.4 Å². The molecule has 1 saturated heterocycles. The Labute approximate surface area is 261 Å². The molecule has 0 spiro atoms. The number of nitrogens with one attached hydrogen (secondary N) is 1. The van der Waals surface area contributed by atoms with Gasteiger partial charge in [0.15, 0.2) is 11.5 Å². The summed E-state index contributed by atoms with van der Waals surface area (Å²) in [7, 11) is 2.01. The summed E-state index contributed by atoms with van der Waals surface area (Å²) in [4.78, 5) is 44.6. The van der Waals surface area contributed by atoms with E-state index in [0.717, 1.165) is 18.7 Å². The van der Waals surface area contributed by atoms with Crippen LogP contribution in [0, 0.1) is 12.8 Å². The van der Waals surface area contributed by atoms with Crippen LogP contribution >= 0.6 is 0 Å². The average Bonchev–Trinajstić information content (AvgIpc) is 3.02. The molecule has 0 saturated carbocycles. The van der Waals surface area contributed by atoms with E-state index in [1.54, 1.807) is 36.1 Å². The molecule has 10 heteroatoms. The molecule has 0 aliphatic carbocycles. The first-order valence-electron chi connectivity index (χ1n) is 15.1. The number of nitrogens with zero attached hydrogens (tertiary/aromatic N) is 2. The van der Waals surface area contributed by atoms with Gasteiger partial charge in [-0.1, -0.05) is 56.3 Å². The zero-order chi connectivity index (χ0) is 32.4. The van der Waals surface area contributed by atoms with Gasteiger partial charge in [-0.25, -0.2) is 0 Å². The van der Waals surface area contributed by atoms with E-state index in [1.807, 2.05) is 51.2 Å². The highest BCUT2D eigenvalue weighted by molar-refractivity contribution is 5.98. The third kappa shape index (κ3) is 6.51. The molecule has 3 aromatic carbocycles. The summed E-state index contributed by atoms with van der Waals surface area (Å²) in [5, 5.41) is 34.2. The number of hydrogen-bond donors (Lipinski definition) is 4. The second-order valence-electron chi connectivity index (χ2n) is 12.1. The highest BCUT2D eigenvalue weighted by atomic mass is 16.3. The van der Waals surface area contributed by atoms with Gasteiger partial charge >= 0.3 is 0 Å². The largest absolute Gasteiger partial charge is 0.504 e. The smallest absolute Gasteiger partial charge is 0.251 e. The van der Waals surface area contributed by atoms with E-state index in [0.29, 0.717) is 37.1 Å². The topological polar surface area (TPSA) is 144 Å². The average molecular weight is 614 g/mol. The number of amides is 2. The Kier molecular flexibility index (Phi) is 9.15. The zero-order valence-corrected chi connectivity index (χ0v) is 26.0. The Balaban J connectivity index is 1.44. The molecule has 4 N–H and O–H groups in total. The predicted octanol–water partition coefficient (Wildman–Crippen LogP) is 4.20. The number of aromatic hydroxyl groups is 3. The van der Waals surface area contributed by atoms with Crippen LogP contribution in [0.3, 0.4) is 0 Å². The molecule has 45 heavy (non-hydrogen) atoms. The van der Waals surface area contributed by atoms with Crippen LogP contribution in [0.15, 0.2) is 63.8 Å². The lowest BCUT2D eigenvalue weighted by Crippen LogP contribution is -2.55. The lowest BCUT2D eigenvalue weighted by atomic mass is 9.95. The van der Waals surface area contributed by atoms with Crippen LogP contribution in [-0.2, 0) is 17.6 Å². The van der Waals surface area contributed by atoms with Crippen LogP contribution in [0.5, 0.6) is 17.2 Å². The molecule has 1 atom stereocenters. The Morgan fingerprint density at radius 3 is 2.16 bits per heavy atom. The van der Waals surface area contributed by atoms with Crippen molar-refractivity contribution in [3.63, 3.8) is 0 Å². The first-order valence-corrected chi connectivity index (χ1v) is 15.1. The van der Waals surface area contributed by atoms with Crippen LogP contribution in [0.2, 0.25) is 0 Å². The molecule has 5 rings (SSSR count). The molecular weight excluding hydrogens is 574 g/mol. The molecule has 236 valence electrons. The van der Waals surface area contributed by atoms with Crippen LogP contribution in [-0.4, -0.2) is 76.2 Å². The van der Waals surface area contributed by atoms with Crippen molar-refractivity contribution in [1.29, 1.82) is 0 Å². The lowest BCUT2D eigenvalue weighted by molar-refractivity contribution is -0.134. The fourth-order valence-electron chi connectivity index (χ4n) is 5.81. The number of carbonyl (C=O) groups excluding carboxylic acids is 2. The first-order chi connectivity index (χ1) is 21.5. The minimum Gasteiger partial charge on any atom is -0.504 e. The molecule has 0 bridgehead atoms. The monoisotopic (exact) mass is 613 g/mol. The van der Waals surface area contributed by atoms with Crippen LogP contribution in [0.25, 0.3) is 22.1 Å². The van der Waals surface area contributed by atoms with Crippen molar-refractivity contribution >= 4 is 22.8 Å². The zero-order valence-electron chi connectivity index (χ0n) is 26.0. The number of hydrogen-bond acceptors (Lipinski definition) is 8. The second-order valence-corrected chi connectivity index (χ2v) is 12.1. The maximum absolute atomic E-state index is 13.7. The number of piperazine rings is 1. The second kappa shape index (κ2) is 13.0. The number of likely N-dealkylation sites (N-methyl/N-ethyl adjacent to an activating group) is 1. The van der Waals surface area contributed by atoms with Crippen molar-refractivity contribution in [3.05, 3.63) is 87.3 Å². The number of phenolic OH excluding ortho intramolecular Hbond substituents is 3. The SMILES string of the molecule is Cc1oc2c(CC(C)C)c(O)c(O)c(O)c2c(=O)c1-c1ccc(C(=O)N[C@H](Cc2ccccc2)C(=O)N2CCN(C)CC2)cc1. The first kappa shape index (κ1) is 31.6. The summed E-state index contributed by atoms with van der Waals surface area (Å²) in [6.45, 7) is 8.14. The van der Waals surface area contributed by atoms with Gasteiger partial charge in [-0.15, -0.1) is 0 Å². The molecule has 1 aromatic heterocycles. The third-order valence-electron chi connectivity index (χ3n) is 8.28. The minimum atomic E-state index is -0.775. The highest BCUT2D eigenvalue weighted by Gasteiger charge is 2.29. The molecule has 1 fully saturated rings. The maximum Gasteiger partial charge on any atom is 0.251 e. The molecule has 1 aliphatic heterocycles. The molecule has 2 amide bonds. The molecule has 2 heterocycles. The van der Waals surface area contributed by atoms with Gasteiger partial charge in [-0.3, -0.25) is 14.4 Å². The van der Waals surface area contributed by atoms with Gasteiger partial charge in [0.05, 0.1) is 5.56 Å². The summed E-state index contributed by atoms with van der Waals surface area (Å²) in [5.41, 5.74) is 1.50. The normalized spacial score (nSPS) is 14.6. The van der Waals surface area contributed by atoms with Gasteiger partial charge < -0.3 is 34.9 Å². The summed E-state index contributed by atoms with van der Waals surface area (Å²) in [6.07, 6.45) is 0.655. The Morgan fingerprint density at radius 2 is 1.53 bits per heavy atom. The number of phenols is 3. The van der Waals surface area contributed by atoms with Crippen molar-refractivity contribution in [1.82, 2.24) is 15.1 Å². The number of benzene rings is 3. The quantitative estimate of drug-likeness (QED) is 0.217. The molecule has 4 aromatic rings. The van der Waals surface area contributed by atoms with Crippen molar-refractivity contribution < 1.29 is 29.3 Å². The van der Waals surface area contributed by atoms with Crippen LogP contribution in [0.4, 0.5) is 0 Å². The van der Waals surface area contributed by atoms with E-state index < -0.39 is 34.6 Å². The van der Waals surface area contributed by atoms with Crippen LogP contribution < -0.4 is 10.7 Å². The molecule has 0 radical (unpaired) electrons. The fourth-order valence-corrected chi connectivity index (χ4v) is 5.81. The van der Waals surface area contributed by atoms with Gasteiger partial charge in [0.1, 0.15) is 22.8 Å². The number of aryl methyl sites for hydroxylation is 1. The Morgan fingerprint density at radius 1 is 0.889 bits per heavy atom. The fraction of sp³-hybridized carbons (Fsp3) is 0.343. The Hall–Kier alpha value is -4.83. The van der Waals surface area contributed by atoms with E-state index in [1.165, 1.54) is 0 Å². The minimum absolute atomic E-state index is 0.0215. The third-order valence-corrected chi connectivity index (χ3v) is 8.28. The van der Waals surface area contributed by atoms with Gasteiger partial charge in [-0.05, 0) is 49.6 Å². The van der Waals surface area contributed by atoms with E-state index in [2.05, 4.69) is 10.2 Å². The molecule has 1 aliphatic rings. The van der Waals surface area contributed by atoms with E-state index in [4.69, 9.17) is 4.42 Å².